The number of hydrogen-bond donors (Lipinski definition) is 5. The minimum Gasteiger partial charge on any atom is -1.00 e. The number of nitrogens with two attached hydrogens (primary N) is 1. The Hall–Kier alpha value is -6.51. The van der Waals surface area contributed by atoms with Crippen LogP contribution in [0.3, 0.4) is 0 Å². The number of fused-ring (bicyclic) bond motifs is 3. The number of ether oxygens (including phenoxy) is 8. The number of nitrogens with zero attached hydrogens (tertiary/aromatic N) is 3. The third-order valence-corrected chi connectivity index (χ3v) is 27.0. The quantitative estimate of drug-likeness (QED) is 0.0269. The van der Waals surface area contributed by atoms with Crippen LogP contribution in [0.4, 0.5) is 0 Å². The first-order valence-corrected chi connectivity index (χ1v) is 47.8. The monoisotopic (exact) mass is 2030 g/mol. The van der Waals surface area contributed by atoms with Crippen LogP contribution in [0.25, 0.3) is 0 Å². The Balaban J connectivity index is 0.000000415. The van der Waals surface area contributed by atoms with Crippen molar-refractivity contribution in [3.05, 3.63) is 189 Å². The number of carbonyl (C=O) groups excluding carboxylic acids is 8. The molecular formula is C87H114Cl8N8O24S3. The molecule has 0 aromatic heterocycles. The average Bonchev–Trinajstić information content (AvgIpc) is 1.02. The maximum Gasteiger partial charge on any atom is 0.358 e. The predicted molar refractivity (Wildman–Crippen MR) is 480 cm³/mol. The Morgan fingerprint density at radius 1 is 0.431 bits per heavy atom. The zero-order valence-electron chi connectivity index (χ0n) is 70.8. The highest BCUT2D eigenvalue weighted by Crippen LogP contribution is 2.41. The fourth-order valence-corrected chi connectivity index (χ4v) is 19.5. The van der Waals surface area contributed by atoms with Crippen molar-refractivity contribution in [2.75, 3.05) is 172 Å². The van der Waals surface area contributed by atoms with E-state index in [4.69, 9.17) is 108 Å². The molecule has 6 N–H and O–H groups in total. The molecule has 2 unspecified atom stereocenters. The number of nitrogens with one attached hydrogen (secondary N) is 4. The van der Waals surface area contributed by atoms with Crippen LogP contribution in [-0.4, -0.2) is 259 Å². The molecule has 5 aliphatic rings. The van der Waals surface area contributed by atoms with Gasteiger partial charge in [0.05, 0.1) is 129 Å². The summed E-state index contributed by atoms with van der Waals surface area (Å²) in [7, 11) is -4.60. The van der Waals surface area contributed by atoms with Gasteiger partial charge in [-0.15, -0.1) is 10.1 Å². The van der Waals surface area contributed by atoms with Crippen LogP contribution in [0.2, 0.25) is 30.1 Å². The summed E-state index contributed by atoms with van der Waals surface area (Å²) >= 11 is 38.4. The van der Waals surface area contributed by atoms with E-state index < -0.39 is 78.7 Å². The maximum absolute atomic E-state index is 12.9. The van der Waals surface area contributed by atoms with E-state index in [0.717, 1.165) is 89.3 Å². The van der Waals surface area contributed by atoms with E-state index in [0.29, 0.717) is 111 Å². The van der Waals surface area contributed by atoms with E-state index >= 15 is 0 Å². The summed E-state index contributed by atoms with van der Waals surface area (Å²) in [6.45, 7) is 7.53. The van der Waals surface area contributed by atoms with Gasteiger partial charge in [0.15, 0.2) is 21.4 Å². The normalized spacial score (nSPS) is 17.1. The Morgan fingerprint density at radius 2 is 0.762 bits per heavy atom. The molecule has 0 aliphatic carbocycles. The number of ketones is 2. The summed E-state index contributed by atoms with van der Waals surface area (Å²) in [6.07, 6.45) is 1.70. The molecule has 6 aromatic carbocycles. The standard InChI is InChI=1S/C50H62Cl4N4O11S2.C23H30Cl2N2O4S.C12H12N2O9.2CH4.2ClH/c1-57-29-45(43-25-37(51)27-49(53)47(43)31-57)35-7-11-41(12-8-35)70(61,62)55-15-19-67-23-21-65-17-3-5-39(59)33-69-34-40(60)6-4-18-66-22-24-68-20-16-56-71(63,64)42-13-9-36(10-14-42)46-30-58(2)32-48-44(46)26-38(52)28-50(48)54;1-27-15-21(20-13-18(24)14-23(25)22(20)16-27)17-3-5-19(6-4-17)32(28,29)12-2-8-30-10-11-31-9-7-26;15-7-1-2-8(16)13(7)22-11(19)5-21-6-12(20)23-14-9(17)3-4-10(14)18;;;;/h7-14,25-28,45-46,55-56H,3-6,15-24,29-34H2,1-2H3;3-6,13-14,21H,2,7-12,15-16,26H2,1H3;1-6H2;2*1H4;2*1H/t45-,46-;21-;;;;;/m00...../s1. The summed E-state index contributed by atoms with van der Waals surface area (Å²) in [5.74, 6) is -4.79. The second-order valence-corrected chi connectivity index (χ2v) is 38.6. The summed E-state index contributed by atoms with van der Waals surface area (Å²) in [4.78, 5) is 106. The van der Waals surface area contributed by atoms with Crippen molar-refractivity contribution in [2.24, 2.45) is 5.73 Å². The molecule has 720 valence electrons. The zero-order valence-corrected chi connectivity index (χ0v) is 79.3. The van der Waals surface area contributed by atoms with Crippen molar-refractivity contribution < 1.29 is 146 Å². The summed E-state index contributed by atoms with van der Waals surface area (Å²) in [6, 6.07) is 32.1. The molecule has 4 amide bonds. The Morgan fingerprint density at radius 3 is 1.15 bits per heavy atom. The molecule has 32 nitrogen and oxygen atoms in total. The van der Waals surface area contributed by atoms with Crippen LogP contribution in [0.1, 0.15) is 140 Å². The SMILES string of the molecule is C.C.CN1Cc2c(Cl)cc(Cl)cc2[C@H](c2ccc(S(=O)(=O)CCCOCCOCCN)cc2)C1.C[NH+]1Cc2c(Cl)cc(Cl)cc2[C@H](c2ccc(S(=O)(=O)NCCOCCOCCCC(=O)COCC(=O)CCCOCCOCCNS(=O)(=O)c3ccc([C@@H]4C[NH+](C)Cc5c(Cl)cc(Cl)cc54)cc3)cc2)C1.O=C(COCC(=O)ON1C(=O)CCC1=O)ON1C(=O)CCC1=O.[Cl-].[Cl-]. The molecule has 5 aliphatic heterocycles. The van der Waals surface area contributed by atoms with Crippen molar-refractivity contribution in [3.63, 3.8) is 0 Å². The number of hydroxylamine groups is 4. The number of halogens is 8. The van der Waals surface area contributed by atoms with Crippen molar-refractivity contribution in [1.82, 2.24) is 24.5 Å². The van der Waals surface area contributed by atoms with Crippen LogP contribution in [0.15, 0.2) is 124 Å². The first-order chi connectivity index (χ1) is 60.2. The highest BCUT2D eigenvalue weighted by molar-refractivity contribution is 7.91. The van der Waals surface area contributed by atoms with Gasteiger partial charge < -0.3 is 92.8 Å². The topological polar surface area (TPSA) is 400 Å². The zero-order chi connectivity index (χ0) is 91.1. The third-order valence-electron chi connectivity index (χ3n) is 20.5. The van der Waals surface area contributed by atoms with E-state index in [1.807, 2.05) is 61.6 Å². The first kappa shape index (κ1) is 114. The highest BCUT2D eigenvalue weighted by Gasteiger charge is 2.37. The van der Waals surface area contributed by atoms with Crippen LogP contribution < -0.4 is 49.8 Å². The van der Waals surface area contributed by atoms with Gasteiger partial charge in [-0.2, -0.15) is 0 Å². The minimum absolute atomic E-state index is 0. The van der Waals surface area contributed by atoms with E-state index in [2.05, 4.69) is 42.9 Å². The lowest BCUT2D eigenvalue weighted by Gasteiger charge is -2.33. The molecule has 130 heavy (non-hydrogen) atoms. The van der Waals surface area contributed by atoms with Crippen LogP contribution in [0, 0.1) is 0 Å². The lowest BCUT2D eigenvalue weighted by Crippen LogP contribution is -3.09. The fourth-order valence-electron chi connectivity index (χ4n) is 14.4. The van der Waals surface area contributed by atoms with E-state index in [1.54, 1.807) is 54.6 Å². The van der Waals surface area contributed by atoms with E-state index in [-0.39, 0.29) is 189 Å². The number of amides is 4. The number of sulfonamides is 2. The van der Waals surface area contributed by atoms with Crippen LogP contribution >= 0.6 is 69.6 Å². The van der Waals surface area contributed by atoms with Gasteiger partial charge in [-0.05, 0) is 138 Å². The maximum atomic E-state index is 12.9. The molecule has 2 saturated heterocycles. The summed E-state index contributed by atoms with van der Waals surface area (Å²) < 4.78 is 125. The Labute approximate surface area is 802 Å². The van der Waals surface area contributed by atoms with Crippen molar-refractivity contribution in [1.29, 1.82) is 0 Å². The van der Waals surface area contributed by atoms with Crippen molar-refractivity contribution in [3.8, 4) is 0 Å². The molecule has 43 heteroatoms. The highest BCUT2D eigenvalue weighted by atomic mass is 35.5. The van der Waals surface area contributed by atoms with Crippen molar-refractivity contribution in [2.45, 2.75) is 125 Å². The number of imide groups is 2. The number of Topliss-reactive ketones (excluding diaryl/α,β-unsaturated/α-hetero) is 2. The number of hydrogen-bond acceptors (Lipinski definition) is 26. The molecular weight excluding hydrogens is 1920 g/mol. The second-order valence-electron chi connectivity index (χ2n) is 30.4. The van der Waals surface area contributed by atoms with Gasteiger partial charge in [0.2, 0.25) is 20.0 Å². The molecule has 11 rings (SSSR count). The minimum atomic E-state index is -3.74. The summed E-state index contributed by atoms with van der Waals surface area (Å²) in [5.41, 5.74) is 14.8. The van der Waals surface area contributed by atoms with Gasteiger partial charge >= 0.3 is 11.9 Å². The van der Waals surface area contributed by atoms with Gasteiger partial charge in [-0.1, -0.05) is 121 Å². The number of benzene rings is 6. The van der Waals surface area contributed by atoms with Gasteiger partial charge in [0.1, 0.15) is 39.5 Å². The smallest absolute Gasteiger partial charge is 0.358 e. The molecule has 2 fully saturated rings. The molecule has 0 spiro atoms. The van der Waals surface area contributed by atoms with E-state index in [9.17, 15) is 63.6 Å². The Bertz CT molecular complexity index is 4840. The largest absolute Gasteiger partial charge is 1.00 e. The fraction of sp³-hybridized carbons (Fsp3) is 0.494. The number of rotatable bonds is 47. The second kappa shape index (κ2) is 56.7. The molecule has 0 radical (unpaired) electrons. The number of carbonyl (C=O) groups is 8. The number of likely N-dealkylation sites (N-methyl/N-ethyl adjacent to an activating group) is 3. The summed E-state index contributed by atoms with van der Waals surface area (Å²) in [5, 5.41) is 4.38. The van der Waals surface area contributed by atoms with Crippen molar-refractivity contribution >= 4 is 147 Å². The molecule has 5 heterocycles. The van der Waals surface area contributed by atoms with Crippen LogP contribution in [-0.2, 0) is 135 Å². The van der Waals surface area contributed by atoms with Gasteiger partial charge in [-0.3, -0.25) is 28.8 Å². The molecule has 0 bridgehead atoms. The third kappa shape index (κ3) is 35.6. The Kier molecular flexibility index (Phi) is 49.8. The molecule has 0 saturated carbocycles. The van der Waals surface area contributed by atoms with Crippen LogP contribution in [0.5, 0.6) is 0 Å². The van der Waals surface area contributed by atoms with E-state index in [1.165, 1.54) is 9.80 Å². The average molecular weight is 2040 g/mol. The lowest BCUT2D eigenvalue weighted by atomic mass is 9.85. The lowest BCUT2D eigenvalue weighted by molar-refractivity contribution is -0.897. The first-order valence-electron chi connectivity index (χ1n) is 41.0. The predicted octanol–water partition coefficient (Wildman–Crippen LogP) is 1.88. The van der Waals surface area contributed by atoms with Gasteiger partial charge in [-0.25, -0.2) is 44.3 Å². The number of sulfone groups is 1. The molecule has 6 aromatic rings. The number of quaternary nitrogens is 2. The van der Waals surface area contributed by atoms with Gasteiger partial charge in [0.25, 0.3) is 23.6 Å². The molecule has 5 atom stereocenters. The van der Waals surface area contributed by atoms with Gasteiger partial charge in [0, 0.05) is 128 Å².